The van der Waals surface area contributed by atoms with E-state index >= 15 is 0 Å². The first-order valence-corrected chi connectivity index (χ1v) is 18.8. The maximum Gasteiger partial charge on any atom is 0.410 e. The highest BCUT2D eigenvalue weighted by molar-refractivity contribution is 6.18. The fourth-order valence-corrected chi connectivity index (χ4v) is 8.15. The number of alkyl halides is 1. The Hall–Kier alpha value is -3.90. The SMILES string of the molecule is C=CCO[C@@]12Oc3ccc(Oc4cccc(C=O)c4)cc3[C@H]3[C@H](CCCCO)[C@@H](CCCCO)C=C(C(=NOCC)C[C@@H]1N(C)C(=O)OCCCl)[C@H]32. The molecule has 1 saturated carbocycles. The third kappa shape index (κ3) is 8.49. The molecular formula is C40H51ClN2O9. The summed E-state index contributed by atoms with van der Waals surface area (Å²) in [6, 6.07) is 12.0. The van der Waals surface area contributed by atoms with Gasteiger partial charge in [-0.2, -0.15) is 0 Å². The standard InChI is InChI=1S/C40H51ClN2O9/c1-4-20-49-40-36(43(3)39(47)48-21-17-41)25-34(42-50-5-2)32-23-28(12-6-8-18-44)31(14-7-9-19-45)37(38(32)40)33-24-30(15-16-35(33)52-40)51-29-13-10-11-27(22-29)26-46/h4,10-11,13,15-16,22-24,26,28,31,36-38,44-45H,1,5-9,12,14,17-21,25H2,2-3H3/t28-,31+,36-,37+,38+,40+/m0/s1. The number of carbonyl (C=O) groups excluding carboxylic acids is 2. The predicted molar refractivity (Wildman–Crippen MR) is 198 cm³/mol. The van der Waals surface area contributed by atoms with Crippen molar-refractivity contribution in [2.24, 2.45) is 22.9 Å². The first kappa shape index (κ1) is 39.3. The van der Waals surface area contributed by atoms with Crippen molar-refractivity contribution >= 4 is 29.7 Å². The topological polar surface area (TPSA) is 136 Å². The number of aliphatic hydroxyl groups excluding tert-OH is 2. The third-order valence-corrected chi connectivity index (χ3v) is 10.4. The second kappa shape index (κ2) is 18.7. The van der Waals surface area contributed by atoms with Crippen LogP contribution in [0.25, 0.3) is 0 Å². The highest BCUT2D eigenvalue weighted by atomic mass is 35.5. The number of fused-ring (bicyclic) bond motifs is 2. The zero-order valence-electron chi connectivity index (χ0n) is 30.1. The monoisotopic (exact) mass is 738 g/mol. The zero-order valence-corrected chi connectivity index (χ0v) is 30.8. The quantitative estimate of drug-likeness (QED) is 0.0502. The van der Waals surface area contributed by atoms with Crippen molar-refractivity contribution in [3.05, 3.63) is 77.9 Å². The van der Waals surface area contributed by atoms with Crippen molar-refractivity contribution in [2.75, 3.05) is 46.0 Å². The van der Waals surface area contributed by atoms with Crippen LogP contribution in [0.4, 0.5) is 4.79 Å². The lowest BCUT2D eigenvalue weighted by Crippen LogP contribution is -2.69. The molecule has 0 unspecified atom stereocenters. The lowest BCUT2D eigenvalue weighted by molar-refractivity contribution is -0.253. The van der Waals surface area contributed by atoms with Crippen LogP contribution >= 0.6 is 11.6 Å². The number of rotatable bonds is 19. The van der Waals surface area contributed by atoms with E-state index in [1.165, 1.54) is 4.90 Å². The van der Waals surface area contributed by atoms with Crippen LogP contribution in [0.5, 0.6) is 17.2 Å². The highest BCUT2D eigenvalue weighted by Gasteiger charge is 2.65. The summed E-state index contributed by atoms with van der Waals surface area (Å²) >= 11 is 5.90. The van der Waals surface area contributed by atoms with E-state index in [1.54, 1.807) is 37.4 Å². The average Bonchev–Trinajstić information content (AvgIpc) is 3.16. The van der Waals surface area contributed by atoms with Gasteiger partial charge in [-0.3, -0.25) is 4.79 Å². The molecule has 0 aromatic heterocycles. The van der Waals surface area contributed by atoms with E-state index in [4.69, 9.17) is 35.4 Å². The minimum absolute atomic E-state index is 0.0414. The fourth-order valence-electron chi connectivity index (χ4n) is 8.08. The van der Waals surface area contributed by atoms with Crippen LogP contribution in [-0.2, 0) is 14.3 Å². The number of halogens is 1. The van der Waals surface area contributed by atoms with Crippen molar-refractivity contribution in [3.8, 4) is 17.2 Å². The lowest BCUT2D eigenvalue weighted by Gasteiger charge is -2.59. The first-order chi connectivity index (χ1) is 25.3. The fraction of sp³-hybridized carbons (Fsp3) is 0.525. The highest BCUT2D eigenvalue weighted by Crippen LogP contribution is 2.62. The Kier molecular flexibility index (Phi) is 14.2. The molecule has 12 heteroatoms. The number of unbranched alkanes of at least 4 members (excludes halogenated alkanes) is 2. The van der Waals surface area contributed by atoms with Gasteiger partial charge in [0.05, 0.1) is 24.1 Å². The van der Waals surface area contributed by atoms with E-state index in [9.17, 15) is 19.8 Å². The average molecular weight is 739 g/mol. The van der Waals surface area contributed by atoms with Gasteiger partial charge < -0.3 is 38.9 Å². The van der Waals surface area contributed by atoms with E-state index in [0.717, 1.165) is 43.1 Å². The van der Waals surface area contributed by atoms with E-state index in [2.05, 4.69) is 17.8 Å². The van der Waals surface area contributed by atoms with Gasteiger partial charge in [0, 0.05) is 43.7 Å². The summed E-state index contributed by atoms with van der Waals surface area (Å²) in [4.78, 5) is 32.3. The van der Waals surface area contributed by atoms with Crippen molar-refractivity contribution in [3.63, 3.8) is 0 Å². The number of carbonyl (C=O) groups is 2. The normalized spacial score (nSPS) is 25.2. The molecule has 1 fully saturated rings. The molecular weight excluding hydrogens is 688 g/mol. The van der Waals surface area contributed by atoms with Gasteiger partial charge in [0.15, 0.2) is 0 Å². The molecule has 52 heavy (non-hydrogen) atoms. The van der Waals surface area contributed by atoms with Gasteiger partial charge in [0.25, 0.3) is 0 Å². The molecule has 0 bridgehead atoms. The first-order valence-electron chi connectivity index (χ1n) is 18.2. The van der Waals surface area contributed by atoms with Gasteiger partial charge >= 0.3 is 6.09 Å². The lowest BCUT2D eigenvalue weighted by atomic mass is 9.55. The number of benzene rings is 2. The van der Waals surface area contributed by atoms with Gasteiger partial charge in [-0.15, -0.1) is 18.2 Å². The number of likely N-dealkylation sites (N-methyl/N-ethyl adjacent to an activating group) is 1. The van der Waals surface area contributed by atoms with E-state index in [-0.39, 0.29) is 56.5 Å². The number of amides is 1. The number of hydrogen-bond donors (Lipinski definition) is 2. The Labute approximate surface area is 311 Å². The number of aliphatic hydroxyl groups is 2. The molecule has 6 atom stereocenters. The van der Waals surface area contributed by atoms with Gasteiger partial charge in [0.1, 0.15) is 42.8 Å². The van der Waals surface area contributed by atoms with Crippen molar-refractivity contribution in [1.29, 1.82) is 0 Å². The molecule has 2 N–H and O–H groups in total. The van der Waals surface area contributed by atoms with Crippen LogP contribution < -0.4 is 9.47 Å². The summed E-state index contributed by atoms with van der Waals surface area (Å²) in [5, 5.41) is 24.2. The number of hydrogen-bond acceptors (Lipinski definition) is 10. The van der Waals surface area contributed by atoms with Gasteiger partial charge in [0.2, 0.25) is 5.79 Å². The van der Waals surface area contributed by atoms with Crippen LogP contribution in [0, 0.1) is 17.8 Å². The van der Waals surface area contributed by atoms with Crippen LogP contribution in [0.3, 0.4) is 0 Å². The van der Waals surface area contributed by atoms with Crippen LogP contribution in [-0.4, -0.2) is 91.0 Å². The van der Waals surface area contributed by atoms with Gasteiger partial charge in [-0.25, -0.2) is 4.79 Å². The van der Waals surface area contributed by atoms with Crippen molar-refractivity contribution in [2.45, 2.75) is 69.6 Å². The summed E-state index contributed by atoms with van der Waals surface area (Å²) in [6.07, 6.45) is 9.02. The zero-order chi connectivity index (χ0) is 37.1. The molecule has 1 amide bonds. The minimum Gasteiger partial charge on any atom is -0.459 e. The summed E-state index contributed by atoms with van der Waals surface area (Å²) in [6.45, 7) is 6.55. The Morgan fingerprint density at radius 2 is 1.88 bits per heavy atom. The Morgan fingerprint density at radius 1 is 1.12 bits per heavy atom. The minimum atomic E-state index is -1.39. The molecule has 2 aromatic carbocycles. The largest absolute Gasteiger partial charge is 0.459 e. The smallest absolute Gasteiger partial charge is 0.410 e. The Morgan fingerprint density at radius 3 is 2.60 bits per heavy atom. The van der Waals surface area contributed by atoms with Crippen LogP contribution in [0.1, 0.15) is 73.7 Å². The maximum atomic E-state index is 13.6. The number of nitrogens with zero attached hydrogens (tertiary/aromatic N) is 2. The van der Waals surface area contributed by atoms with Crippen LogP contribution in [0.15, 0.2) is 71.9 Å². The Bertz CT molecular complexity index is 1600. The molecule has 5 rings (SSSR count). The van der Waals surface area contributed by atoms with Gasteiger partial charge in [-0.1, -0.05) is 42.3 Å². The van der Waals surface area contributed by atoms with Crippen LogP contribution in [0.2, 0.25) is 0 Å². The second-order valence-electron chi connectivity index (χ2n) is 13.4. The number of allylic oxidation sites excluding steroid dienone is 1. The molecule has 3 aliphatic rings. The molecule has 282 valence electrons. The number of ether oxygens (including phenoxy) is 4. The number of oxime groups is 1. The molecule has 2 aliphatic carbocycles. The maximum absolute atomic E-state index is 13.6. The molecule has 1 aliphatic heterocycles. The number of aldehydes is 1. The summed E-state index contributed by atoms with van der Waals surface area (Å²) < 4.78 is 25.8. The van der Waals surface area contributed by atoms with Crippen molar-refractivity contribution in [1.82, 2.24) is 4.90 Å². The van der Waals surface area contributed by atoms with Gasteiger partial charge in [-0.05, 0) is 80.3 Å². The summed E-state index contributed by atoms with van der Waals surface area (Å²) in [5.74, 6) is -0.0566. The predicted octanol–water partition coefficient (Wildman–Crippen LogP) is 7.25. The molecule has 11 nitrogen and oxygen atoms in total. The molecule has 2 aromatic rings. The second-order valence-corrected chi connectivity index (χ2v) is 13.8. The molecule has 1 heterocycles. The Balaban J connectivity index is 1.74. The molecule has 0 saturated heterocycles. The van der Waals surface area contributed by atoms with E-state index in [1.807, 2.05) is 25.1 Å². The van der Waals surface area contributed by atoms with E-state index < -0.39 is 23.8 Å². The summed E-state index contributed by atoms with van der Waals surface area (Å²) in [7, 11) is 1.67. The molecule has 0 radical (unpaired) electrons. The third-order valence-electron chi connectivity index (χ3n) is 10.2. The summed E-state index contributed by atoms with van der Waals surface area (Å²) in [5.41, 5.74) is 3.05. The van der Waals surface area contributed by atoms with E-state index in [0.29, 0.717) is 48.0 Å². The van der Waals surface area contributed by atoms with Crippen molar-refractivity contribution < 1.29 is 43.6 Å². The molecule has 0 spiro atoms.